The number of benzene rings is 3. The second-order valence-corrected chi connectivity index (χ2v) is 6.36. The molecule has 0 saturated carbocycles. The number of imidazole rings is 1. The van der Waals surface area contributed by atoms with Crippen LogP contribution in [0.1, 0.15) is 18.4 Å². The van der Waals surface area contributed by atoms with Crippen LogP contribution in [0.5, 0.6) is 5.75 Å². The smallest absolute Gasteiger partial charge is 0.201 e. The number of fused-ring (bicyclic) bond motifs is 2. The predicted molar refractivity (Wildman–Crippen MR) is 103 cm³/mol. The molecule has 0 amide bonds. The Morgan fingerprint density at radius 3 is 2.68 bits per heavy atom. The minimum Gasteiger partial charge on any atom is -0.497 e. The molecule has 0 saturated heterocycles. The van der Waals surface area contributed by atoms with Crippen molar-refractivity contribution in [1.82, 2.24) is 9.97 Å². The molecule has 4 nitrogen and oxygen atoms in total. The van der Waals surface area contributed by atoms with Gasteiger partial charge in [-0.3, -0.25) is 0 Å². The third-order valence-electron chi connectivity index (χ3n) is 4.61. The quantitative estimate of drug-likeness (QED) is 0.544. The molecular formula is C21H21N3O. The van der Waals surface area contributed by atoms with E-state index in [0.29, 0.717) is 5.92 Å². The Balaban J connectivity index is 1.50. The number of nitrogens with zero attached hydrogens (tertiary/aromatic N) is 1. The van der Waals surface area contributed by atoms with Gasteiger partial charge in [-0.25, -0.2) is 4.98 Å². The monoisotopic (exact) mass is 331 g/mol. The summed E-state index contributed by atoms with van der Waals surface area (Å²) in [5.41, 5.74) is 3.34. The zero-order valence-electron chi connectivity index (χ0n) is 14.4. The van der Waals surface area contributed by atoms with Crippen molar-refractivity contribution in [3.8, 4) is 5.75 Å². The van der Waals surface area contributed by atoms with E-state index in [4.69, 9.17) is 4.74 Å². The van der Waals surface area contributed by atoms with Crippen molar-refractivity contribution >= 4 is 27.8 Å². The van der Waals surface area contributed by atoms with E-state index in [1.807, 2.05) is 30.3 Å². The van der Waals surface area contributed by atoms with Gasteiger partial charge in [-0.2, -0.15) is 0 Å². The van der Waals surface area contributed by atoms with Crippen LogP contribution in [0, 0.1) is 0 Å². The molecule has 1 atom stereocenters. The minimum atomic E-state index is 0.375. The average molecular weight is 331 g/mol. The second-order valence-electron chi connectivity index (χ2n) is 6.36. The Hall–Kier alpha value is -3.01. The lowest BCUT2D eigenvalue weighted by molar-refractivity contribution is 0.415. The van der Waals surface area contributed by atoms with E-state index in [0.717, 1.165) is 29.3 Å². The maximum absolute atomic E-state index is 5.29. The van der Waals surface area contributed by atoms with Gasteiger partial charge in [0, 0.05) is 6.54 Å². The Labute approximate surface area is 146 Å². The molecule has 0 radical (unpaired) electrons. The zero-order valence-corrected chi connectivity index (χ0v) is 14.4. The maximum Gasteiger partial charge on any atom is 0.201 e. The van der Waals surface area contributed by atoms with Gasteiger partial charge in [-0.1, -0.05) is 43.3 Å². The van der Waals surface area contributed by atoms with Crippen molar-refractivity contribution in [1.29, 1.82) is 0 Å². The van der Waals surface area contributed by atoms with Crippen molar-refractivity contribution in [2.75, 3.05) is 19.0 Å². The first-order chi connectivity index (χ1) is 12.2. The third-order valence-corrected chi connectivity index (χ3v) is 4.61. The van der Waals surface area contributed by atoms with Gasteiger partial charge in [-0.15, -0.1) is 0 Å². The number of nitrogens with one attached hydrogen (secondary N) is 2. The molecule has 0 aliphatic carbocycles. The maximum atomic E-state index is 5.29. The lowest BCUT2D eigenvalue weighted by Crippen LogP contribution is -2.10. The van der Waals surface area contributed by atoms with E-state index in [1.54, 1.807) is 7.11 Å². The highest BCUT2D eigenvalue weighted by Gasteiger charge is 2.08. The van der Waals surface area contributed by atoms with Crippen molar-refractivity contribution in [2.45, 2.75) is 12.8 Å². The number of hydrogen-bond acceptors (Lipinski definition) is 3. The van der Waals surface area contributed by atoms with Gasteiger partial charge in [0.05, 0.1) is 18.1 Å². The van der Waals surface area contributed by atoms with Crippen molar-refractivity contribution in [3.05, 3.63) is 66.2 Å². The largest absolute Gasteiger partial charge is 0.497 e. The summed E-state index contributed by atoms with van der Waals surface area (Å²) in [6.45, 7) is 3.04. The number of methoxy groups -OCH3 is 1. The van der Waals surface area contributed by atoms with E-state index >= 15 is 0 Å². The highest BCUT2D eigenvalue weighted by atomic mass is 16.5. The molecule has 1 aromatic heterocycles. The van der Waals surface area contributed by atoms with Crippen LogP contribution in [-0.2, 0) is 0 Å². The number of ether oxygens (including phenoxy) is 1. The average Bonchev–Trinajstić information content (AvgIpc) is 3.08. The van der Waals surface area contributed by atoms with Crippen LogP contribution in [0.3, 0.4) is 0 Å². The fourth-order valence-electron chi connectivity index (χ4n) is 3.08. The number of aromatic nitrogens is 2. The van der Waals surface area contributed by atoms with Crippen LogP contribution in [-0.4, -0.2) is 23.6 Å². The van der Waals surface area contributed by atoms with E-state index < -0.39 is 0 Å². The van der Waals surface area contributed by atoms with Gasteiger partial charge in [0.15, 0.2) is 0 Å². The van der Waals surface area contributed by atoms with Crippen molar-refractivity contribution in [3.63, 3.8) is 0 Å². The predicted octanol–water partition coefficient (Wildman–Crippen LogP) is 4.94. The number of anilines is 1. The Kier molecular flexibility index (Phi) is 4.02. The molecule has 0 aliphatic heterocycles. The van der Waals surface area contributed by atoms with Crippen LogP contribution < -0.4 is 10.1 Å². The summed E-state index contributed by atoms with van der Waals surface area (Å²) < 4.78 is 5.29. The second kappa shape index (κ2) is 6.48. The molecule has 4 heteroatoms. The first-order valence-corrected chi connectivity index (χ1v) is 8.49. The van der Waals surface area contributed by atoms with Crippen LogP contribution >= 0.6 is 0 Å². The highest BCUT2D eigenvalue weighted by molar-refractivity contribution is 5.84. The minimum absolute atomic E-state index is 0.375. The van der Waals surface area contributed by atoms with Crippen molar-refractivity contribution < 1.29 is 4.74 Å². The third kappa shape index (κ3) is 3.15. The lowest BCUT2D eigenvalue weighted by atomic mass is 9.97. The fraction of sp³-hybridized carbons (Fsp3) is 0.190. The summed E-state index contributed by atoms with van der Waals surface area (Å²) in [5.74, 6) is 2.08. The molecule has 0 unspecified atom stereocenters. The summed E-state index contributed by atoms with van der Waals surface area (Å²) in [7, 11) is 1.70. The van der Waals surface area contributed by atoms with E-state index in [1.165, 1.54) is 16.3 Å². The summed E-state index contributed by atoms with van der Waals surface area (Å²) in [5, 5.41) is 5.84. The highest BCUT2D eigenvalue weighted by Crippen LogP contribution is 2.25. The number of rotatable bonds is 5. The van der Waals surface area contributed by atoms with Crippen LogP contribution in [0.15, 0.2) is 60.7 Å². The van der Waals surface area contributed by atoms with E-state index in [9.17, 15) is 0 Å². The molecule has 4 rings (SSSR count). The molecule has 3 aromatic carbocycles. The molecular weight excluding hydrogens is 310 g/mol. The lowest BCUT2D eigenvalue weighted by Gasteiger charge is -2.14. The first kappa shape index (κ1) is 15.5. The molecule has 25 heavy (non-hydrogen) atoms. The number of para-hydroxylation sites is 2. The van der Waals surface area contributed by atoms with Gasteiger partial charge in [0.1, 0.15) is 5.75 Å². The van der Waals surface area contributed by atoms with E-state index in [-0.39, 0.29) is 0 Å². The topological polar surface area (TPSA) is 49.9 Å². The SMILES string of the molecule is COc1ccc2cc([C@H](C)CNc3nc4ccccc4[nH]3)ccc2c1. The van der Waals surface area contributed by atoms with Crippen LogP contribution in [0.4, 0.5) is 5.95 Å². The van der Waals surface area contributed by atoms with Gasteiger partial charge in [0.2, 0.25) is 5.95 Å². The van der Waals surface area contributed by atoms with Crippen molar-refractivity contribution in [2.24, 2.45) is 0 Å². The molecule has 0 bridgehead atoms. The summed E-state index contributed by atoms with van der Waals surface area (Å²) >= 11 is 0. The Bertz CT molecular complexity index is 989. The molecule has 0 aliphatic rings. The van der Waals surface area contributed by atoms with E-state index in [2.05, 4.69) is 52.5 Å². The molecule has 2 N–H and O–H groups in total. The molecule has 0 spiro atoms. The number of H-pyrrole nitrogens is 1. The molecule has 0 fully saturated rings. The summed E-state index contributed by atoms with van der Waals surface area (Å²) in [6.07, 6.45) is 0. The van der Waals surface area contributed by atoms with Gasteiger partial charge in [-0.05, 0) is 46.5 Å². The standard InChI is InChI=1S/C21H21N3O/c1-14(13-22-21-23-19-5-3-4-6-20(19)24-21)15-7-8-17-12-18(25-2)10-9-16(17)11-15/h3-12,14H,13H2,1-2H3,(H2,22,23,24)/t14-/m1/s1. The number of hydrogen-bond donors (Lipinski definition) is 2. The molecule has 4 aromatic rings. The first-order valence-electron chi connectivity index (χ1n) is 8.49. The summed E-state index contributed by atoms with van der Waals surface area (Å²) in [6, 6.07) is 20.8. The molecule has 1 heterocycles. The summed E-state index contributed by atoms with van der Waals surface area (Å²) in [4.78, 5) is 7.88. The Morgan fingerprint density at radius 2 is 1.84 bits per heavy atom. The number of aromatic amines is 1. The normalized spacial score (nSPS) is 12.4. The zero-order chi connectivity index (χ0) is 17.2. The Morgan fingerprint density at radius 1 is 1.04 bits per heavy atom. The van der Waals surface area contributed by atoms with Crippen LogP contribution in [0.25, 0.3) is 21.8 Å². The van der Waals surface area contributed by atoms with Gasteiger partial charge in [0.25, 0.3) is 0 Å². The molecule has 126 valence electrons. The van der Waals surface area contributed by atoms with Crippen LogP contribution in [0.2, 0.25) is 0 Å². The van der Waals surface area contributed by atoms with Gasteiger partial charge >= 0.3 is 0 Å². The fourth-order valence-corrected chi connectivity index (χ4v) is 3.08. The van der Waals surface area contributed by atoms with Gasteiger partial charge < -0.3 is 15.0 Å².